The maximum absolute atomic E-state index is 12.2. The second-order valence-electron chi connectivity index (χ2n) is 6.13. The minimum Gasteiger partial charge on any atom is -0.378 e. The molecule has 25 heavy (non-hydrogen) atoms. The third kappa shape index (κ3) is 3.14. The van der Waals surface area contributed by atoms with E-state index in [0.717, 1.165) is 28.1 Å². The van der Waals surface area contributed by atoms with Crippen LogP contribution in [0.5, 0.6) is 0 Å². The van der Waals surface area contributed by atoms with E-state index in [0.29, 0.717) is 19.8 Å². The average Bonchev–Trinajstić information content (AvgIpc) is 3.00. The number of amides is 1. The summed E-state index contributed by atoms with van der Waals surface area (Å²) in [4.78, 5) is 16.9. The first-order valence-corrected chi connectivity index (χ1v) is 8.36. The number of aryl methyl sites for hydroxylation is 1. The standard InChI is InChI=1S/C19H20N4O2/c1-23-17-5-3-2-4-15(17)22-18(23)13-6-8-14(9-7-13)21-19(24)16-12-25-11-10-20-16/h2-9,16,20H,10-12H2,1H3,(H,21,24). The molecule has 2 aromatic carbocycles. The lowest BCUT2D eigenvalue weighted by Gasteiger charge is -2.22. The Labute approximate surface area is 145 Å². The van der Waals surface area contributed by atoms with Gasteiger partial charge < -0.3 is 19.9 Å². The second-order valence-corrected chi connectivity index (χ2v) is 6.13. The molecule has 1 saturated heterocycles. The number of nitrogens with one attached hydrogen (secondary N) is 2. The van der Waals surface area contributed by atoms with E-state index in [9.17, 15) is 4.79 Å². The largest absolute Gasteiger partial charge is 0.378 e. The second kappa shape index (κ2) is 6.66. The molecular weight excluding hydrogens is 316 g/mol. The highest BCUT2D eigenvalue weighted by molar-refractivity contribution is 5.95. The molecule has 1 unspecified atom stereocenters. The van der Waals surface area contributed by atoms with Crippen molar-refractivity contribution in [3.63, 3.8) is 0 Å². The van der Waals surface area contributed by atoms with Gasteiger partial charge in [-0.15, -0.1) is 0 Å². The van der Waals surface area contributed by atoms with Crippen LogP contribution in [0.25, 0.3) is 22.4 Å². The van der Waals surface area contributed by atoms with Gasteiger partial charge in [0.1, 0.15) is 11.9 Å². The lowest BCUT2D eigenvalue weighted by atomic mass is 10.2. The third-order valence-electron chi connectivity index (χ3n) is 4.44. The van der Waals surface area contributed by atoms with Gasteiger partial charge in [0.25, 0.3) is 0 Å². The number of hydrogen-bond donors (Lipinski definition) is 2. The van der Waals surface area contributed by atoms with E-state index in [4.69, 9.17) is 9.72 Å². The topological polar surface area (TPSA) is 68.2 Å². The number of carbonyl (C=O) groups is 1. The molecule has 1 aliphatic heterocycles. The van der Waals surface area contributed by atoms with E-state index in [-0.39, 0.29) is 11.9 Å². The van der Waals surface area contributed by atoms with Crippen molar-refractivity contribution in [2.24, 2.45) is 7.05 Å². The number of aromatic nitrogens is 2. The van der Waals surface area contributed by atoms with Crippen molar-refractivity contribution < 1.29 is 9.53 Å². The molecule has 1 aromatic heterocycles. The maximum Gasteiger partial charge on any atom is 0.243 e. The number of hydrogen-bond acceptors (Lipinski definition) is 4. The lowest BCUT2D eigenvalue weighted by Crippen LogP contribution is -2.48. The number of morpholine rings is 1. The van der Waals surface area contributed by atoms with Crippen molar-refractivity contribution in [1.82, 2.24) is 14.9 Å². The van der Waals surface area contributed by atoms with E-state index in [1.165, 1.54) is 0 Å². The Balaban J connectivity index is 1.53. The van der Waals surface area contributed by atoms with Crippen molar-refractivity contribution in [3.8, 4) is 11.4 Å². The van der Waals surface area contributed by atoms with Gasteiger partial charge in [0.15, 0.2) is 0 Å². The van der Waals surface area contributed by atoms with Gasteiger partial charge in [0, 0.05) is 24.8 Å². The maximum atomic E-state index is 12.2. The fourth-order valence-corrected chi connectivity index (χ4v) is 3.07. The monoisotopic (exact) mass is 336 g/mol. The number of ether oxygens (including phenoxy) is 1. The van der Waals surface area contributed by atoms with E-state index < -0.39 is 0 Å². The van der Waals surface area contributed by atoms with Gasteiger partial charge in [0.2, 0.25) is 5.91 Å². The highest BCUT2D eigenvalue weighted by Crippen LogP contribution is 2.24. The number of imidazole rings is 1. The molecule has 1 fully saturated rings. The summed E-state index contributed by atoms with van der Waals surface area (Å²) in [6.07, 6.45) is 0. The van der Waals surface area contributed by atoms with E-state index in [1.54, 1.807) is 0 Å². The molecule has 2 N–H and O–H groups in total. The van der Waals surface area contributed by atoms with Crippen LogP contribution in [0.1, 0.15) is 0 Å². The predicted octanol–water partition coefficient (Wildman–Crippen LogP) is 2.17. The number of benzene rings is 2. The Morgan fingerprint density at radius 3 is 2.76 bits per heavy atom. The molecule has 0 aliphatic carbocycles. The minimum atomic E-state index is -0.298. The fraction of sp³-hybridized carbons (Fsp3) is 0.263. The quantitative estimate of drug-likeness (QED) is 0.769. The first-order chi connectivity index (χ1) is 12.2. The Morgan fingerprint density at radius 1 is 1.24 bits per heavy atom. The van der Waals surface area contributed by atoms with Crippen LogP contribution >= 0.6 is 0 Å². The number of fused-ring (bicyclic) bond motifs is 1. The summed E-state index contributed by atoms with van der Waals surface area (Å²) in [7, 11) is 2.01. The Kier molecular flexibility index (Phi) is 4.21. The molecule has 1 aliphatic rings. The first-order valence-electron chi connectivity index (χ1n) is 8.36. The van der Waals surface area contributed by atoms with Gasteiger partial charge in [-0.2, -0.15) is 0 Å². The van der Waals surface area contributed by atoms with Crippen LogP contribution in [0.4, 0.5) is 5.69 Å². The van der Waals surface area contributed by atoms with Crippen molar-refractivity contribution in [2.75, 3.05) is 25.1 Å². The zero-order valence-corrected chi connectivity index (χ0v) is 14.0. The molecule has 0 radical (unpaired) electrons. The van der Waals surface area contributed by atoms with Crippen molar-refractivity contribution in [2.45, 2.75) is 6.04 Å². The zero-order valence-electron chi connectivity index (χ0n) is 14.0. The average molecular weight is 336 g/mol. The minimum absolute atomic E-state index is 0.0739. The molecule has 3 aromatic rings. The molecule has 1 amide bonds. The molecule has 6 nitrogen and oxygen atoms in total. The number of nitrogens with zero attached hydrogens (tertiary/aromatic N) is 2. The van der Waals surface area contributed by atoms with Crippen LogP contribution in [0.3, 0.4) is 0 Å². The number of anilines is 1. The first kappa shape index (κ1) is 15.8. The van der Waals surface area contributed by atoms with Crippen molar-refractivity contribution in [3.05, 3.63) is 48.5 Å². The number of rotatable bonds is 3. The van der Waals surface area contributed by atoms with Crippen LogP contribution in [0.15, 0.2) is 48.5 Å². The molecule has 6 heteroatoms. The third-order valence-corrected chi connectivity index (χ3v) is 4.44. The molecule has 2 heterocycles. The van der Waals surface area contributed by atoms with E-state index in [2.05, 4.69) is 21.3 Å². The highest BCUT2D eigenvalue weighted by Gasteiger charge is 2.21. The van der Waals surface area contributed by atoms with Gasteiger partial charge in [-0.3, -0.25) is 4.79 Å². The highest BCUT2D eigenvalue weighted by atomic mass is 16.5. The van der Waals surface area contributed by atoms with Crippen LogP contribution in [-0.2, 0) is 16.6 Å². The molecule has 1 atom stereocenters. The summed E-state index contributed by atoms with van der Waals surface area (Å²) in [5, 5.41) is 6.07. The number of carbonyl (C=O) groups excluding carboxylic acids is 1. The SMILES string of the molecule is Cn1c(-c2ccc(NC(=O)C3COCCN3)cc2)nc2ccccc21. The Hall–Kier alpha value is -2.70. The molecule has 128 valence electrons. The summed E-state index contributed by atoms with van der Waals surface area (Å²) in [5.74, 6) is 0.830. The van der Waals surface area contributed by atoms with Crippen LogP contribution in [0, 0.1) is 0 Å². The van der Waals surface area contributed by atoms with Gasteiger partial charge in [-0.05, 0) is 36.4 Å². The summed E-state index contributed by atoms with van der Waals surface area (Å²) >= 11 is 0. The van der Waals surface area contributed by atoms with Gasteiger partial charge in [0.05, 0.1) is 24.2 Å². The smallest absolute Gasteiger partial charge is 0.243 e. The number of para-hydroxylation sites is 2. The predicted molar refractivity (Wildman–Crippen MR) is 97.4 cm³/mol. The van der Waals surface area contributed by atoms with E-state index >= 15 is 0 Å². The van der Waals surface area contributed by atoms with Crippen LogP contribution < -0.4 is 10.6 Å². The fourth-order valence-electron chi connectivity index (χ4n) is 3.07. The lowest BCUT2D eigenvalue weighted by molar-refractivity contribution is -0.120. The Bertz CT molecular complexity index is 895. The van der Waals surface area contributed by atoms with Gasteiger partial charge >= 0.3 is 0 Å². The van der Waals surface area contributed by atoms with E-state index in [1.807, 2.05) is 49.5 Å². The van der Waals surface area contributed by atoms with Crippen LogP contribution in [0.2, 0.25) is 0 Å². The van der Waals surface area contributed by atoms with Gasteiger partial charge in [-0.1, -0.05) is 12.1 Å². The summed E-state index contributed by atoms with van der Waals surface area (Å²) in [6.45, 7) is 1.75. The van der Waals surface area contributed by atoms with Crippen molar-refractivity contribution >= 4 is 22.6 Å². The van der Waals surface area contributed by atoms with Crippen LogP contribution in [-0.4, -0.2) is 41.3 Å². The zero-order chi connectivity index (χ0) is 17.2. The van der Waals surface area contributed by atoms with Crippen molar-refractivity contribution in [1.29, 1.82) is 0 Å². The normalized spacial score (nSPS) is 17.6. The summed E-state index contributed by atoms with van der Waals surface area (Å²) < 4.78 is 7.40. The molecular formula is C19H20N4O2. The Morgan fingerprint density at radius 2 is 2.04 bits per heavy atom. The molecule has 4 rings (SSSR count). The molecule has 0 bridgehead atoms. The summed E-state index contributed by atoms with van der Waals surface area (Å²) in [6, 6.07) is 15.5. The van der Waals surface area contributed by atoms with Gasteiger partial charge in [-0.25, -0.2) is 4.98 Å². The summed E-state index contributed by atoms with van der Waals surface area (Å²) in [5.41, 5.74) is 3.84. The molecule has 0 spiro atoms. The molecule has 0 saturated carbocycles.